The first-order valence-corrected chi connectivity index (χ1v) is 18.6. The van der Waals surface area contributed by atoms with Gasteiger partial charge in [0.15, 0.2) is 0 Å². The van der Waals surface area contributed by atoms with Gasteiger partial charge in [-0.05, 0) is 143 Å². The molecule has 0 radical (unpaired) electrons. The van der Waals surface area contributed by atoms with Crippen molar-refractivity contribution in [1.29, 1.82) is 0 Å². The first kappa shape index (κ1) is 28.2. The summed E-state index contributed by atoms with van der Waals surface area (Å²) in [7, 11) is 0. The van der Waals surface area contributed by atoms with Crippen molar-refractivity contribution in [2.75, 3.05) is 0 Å². The van der Waals surface area contributed by atoms with E-state index < -0.39 is 0 Å². The molecule has 0 amide bonds. The van der Waals surface area contributed by atoms with Crippen molar-refractivity contribution >= 4 is 0 Å². The molecule has 3 atom stereocenters. The van der Waals surface area contributed by atoms with Gasteiger partial charge >= 0.3 is 0 Å². The van der Waals surface area contributed by atoms with Crippen LogP contribution in [0.2, 0.25) is 0 Å². The molecule has 232 valence electrons. The SMILES string of the molecule is CC(C)(C)c1ccc2c(c1)C(C1(C)C3=C(CC(C45CC6CC(CC(C6)C4)C5)=C3)C3CCCCC31)c1cc(C(C)(C)C)ccc1-2. The minimum absolute atomic E-state index is 0.151. The molecule has 5 fully saturated rings. The van der Waals surface area contributed by atoms with E-state index in [1.54, 1.807) is 30.4 Å². The maximum atomic E-state index is 2.92. The van der Waals surface area contributed by atoms with E-state index in [1.165, 1.54) is 73.6 Å². The molecule has 0 heterocycles. The Morgan fingerprint density at radius 1 is 0.682 bits per heavy atom. The van der Waals surface area contributed by atoms with Crippen molar-refractivity contribution in [2.45, 2.75) is 136 Å². The molecule has 8 aliphatic rings. The molecular weight excluding hydrogens is 528 g/mol. The molecule has 4 bridgehead atoms. The van der Waals surface area contributed by atoms with Crippen molar-refractivity contribution in [3.63, 3.8) is 0 Å². The van der Waals surface area contributed by atoms with Crippen molar-refractivity contribution in [1.82, 2.24) is 0 Å². The van der Waals surface area contributed by atoms with Gasteiger partial charge in [0.05, 0.1) is 0 Å². The average molecular weight is 585 g/mol. The minimum atomic E-state index is 0.151. The smallest absolute Gasteiger partial charge is 0.0199 e. The number of rotatable bonds is 2. The summed E-state index contributed by atoms with van der Waals surface area (Å²) in [6.07, 6.45) is 19.1. The van der Waals surface area contributed by atoms with Gasteiger partial charge in [0.1, 0.15) is 0 Å². The van der Waals surface area contributed by atoms with Gasteiger partial charge < -0.3 is 0 Å². The van der Waals surface area contributed by atoms with Crippen LogP contribution in [-0.4, -0.2) is 0 Å². The van der Waals surface area contributed by atoms with Gasteiger partial charge in [0.2, 0.25) is 0 Å². The lowest BCUT2D eigenvalue weighted by molar-refractivity contribution is -0.0316. The zero-order chi connectivity index (χ0) is 30.4. The van der Waals surface area contributed by atoms with Crippen LogP contribution in [0.5, 0.6) is 0 Å². The normalized spacial score (nSPS) is 37.2. The molecular formula is C44H56. The molecule has 3 unspecified atom stereocenters. The molecule has 0 N–H and O–H groups in total. The highest BCUT2D eigenvalue weighted by atomic mass is 14.6. The monoisotopic (exact) mass is 584 g/mol. The van der Waals surface area contributed by atoms with E-state index in [1.807, 2.05) is 16.7 Å². The molecule has 0 nitrogen and oxygen atoms in total. The molecule has 0 heteroatoms. The van der Waals surface area contributed by atoms with Crippen LogP contribution in [0, 0.1) is 40.4 Å². The highest BCUT2D eigenvalue weighted by molar-refractivity contribution is 5.81. The summed E-state index contributed by atoms with van der Waals surface area (Å²) in [5.41, 5.74) is 15.9. The number of allylic oxidation sites excluding steroid dienone is 4. The summed E-state index contributed by atoms with van der Waals surface area (Å²) in [5.74, 6) is 5.08. The van der Waals surface area contributed by atoms with Gasteiger partial charge in [0, 0.05) is 11.3 Å². The lowest BCUT2D eigenvalue weighted by atomic mass is 9.47. The van der Waals surface area contributed by atoms with Gasteiger partial charge in [0.25, 0.3) is 0 Å². The Bertz CT molecular complexity index is 1510. The first-order valence-electron chi connectivity index (χ1n) is 18.6. The summed E-state index contributed by atoms with van der Waals surface area (Å²) >= 11 is 0. The molecule has 2 aromatic rings. The molecule has 8 aliphatic carbocycles. The standard InChI is InChI=1S/C44H56/c1-41(2,3)29-12-14-32-33-15-13-30(42(4,5)6)20-37(33)40(36(32)19-29)43(7)38-11-9-8-10-34(38)35-21-31(22-39(35)43)44-23-26-16-27(24-44)18-28(17-26)25-44/h12-15,19-20,22,26-28,34,38,40H,8-11,16-18,21,23-25H2,1-7H3. The van der Waals surface area contributed by atoms with Gasteiger partial charge in [-0.3, -0.25) is 0 Å². The molecule has 0 saturated heterocycles. The van der Waals surface area contributed by atoms with Crippen LogP contribution >= 0.6 is 0 Å². The van der Waals surface area contributed by atoms with E-state index in [-0.39, 0.29) is 16.2 Å². The summed E-state index contributed by atoms with van der Waals surface area (Å²) in [6, 6.07) is 15.2. The third-order valence-corrected chi connectivity index (χ3v) is 14.7. The van der Waals surface area contributed by atoms with Crippen LogP contribution in [0.1, 0.15) is 147 Å². The summed E-state index contributed by atoms with van der Waals surface area (Å²) in [6.45, 7) is 17.2. The topological polar surface area (TPSA) is 0 Å². The number of benzene rings is 2. The lowest BCUT2D eigenvalue weighted by Gasteiger charge is -2.58. The molecule has 0 spiro atoms. The van der Waals surface area contributed by atoms with E-state index >= 15 is 0 Å². The number of hydrogen-bond donors (Lipinski definition) is 0. The van der Waals surface area contributed by atoms with Crippen molar-refractivity contribution < 1.29 is 0 Å². The second-order valence-electron chi connectivity index (χ2n) is 19.3. The van der Waals surface area contributed by atoms with Crippen molar-refractivity contribution in [2.24, 2.45) is 40.4 Å². The van der Waals surface area contributed by atoms with Gasteiger partial charge in [-0.15, -0.1) is 0 Å². The summed E-state index contributed by atoms with van der Waals surface area (Å²) in [5, 5.41) is 0. The van der Waals surface area contributed by atoms with Gasteiger partial charge in [-0.1, -0.05) is 115 Å². The highest BCUT2D eigenvalue weighted by Gasteiger charge is 2.60. The quantitative estimate of drug-likeness (QED) is 0.329. The van der Waals surface area contributed by atoms with E-state index in [4.69, 9.17) is 0 Å². The maximum absolute atomic E-state index is 2.92. The Hall–Kier alpha value is -2.08. The Balaban J connectivity index is 1.23. The van der Waals surface area contributed by atoms with Crippen LogP contribution in [-0.2, 0) is 10.8 Å². The minimum Gasteiger partial charge on any atom is -0.0596 e. The third kappa shape index (κ3) is 3.81. The second-order valence-corrected chi connectivity index (χ2v) is 19.3. The fraction of sp³-hybridized carbons (Fsp3) is 0.636. The number of fused-ring (bicyclic) bond motifs is 5. The lowest BCUT2D eigenvalue weighted by Crippen LogP contribution is -2.47. The predicted molar refractivity (Wildman–Crippen MR) is 185 cm³/mol. The zero-order valence-corrected chi connectivity index (χ0v) is 28.8. The number of hydrogen-bond acceptors (Lipinski definition) is 0. The van der Waals surface area contributed by atoms with Crippen molar-refractivity contribution in [3.8, 4) is 11.1 Å². The Labute approximate surface area is 268 Å². The van der Waals surface area contributed by atoms with Gasteiger partial charge in [-0.25, -0.2) is 0 Å². The van der Waals surface area contributed by atoms with E-state index in [2.05, 4.69) is 90.9 Å². The zero-order valence-electron chi connectivity index (χ0n) is 28.8. The third-order valence-electron chi connectivity index (χ3n) is 14.7. The van der Waals surface area contributed by atoms with Crippen molar-refractivity contribution in [3.05, 3.63) is 81.4 Å². The van der Waals surface area contributed by atoms with Crippen LogP contribution in [0.4, 0.5) is 0 Å². The summed E-state index contributed by atoms with van der Waals surface area (Å²) in [4.78, 5) is 0. The van der Waals surface area contributed by atoms with Crippen LogP contribution < -0.4 is 0 Å². The predicted octanol–water partition coefficient (Wildman–Crippen LogP) is 12.1. The van der Waals surface area contributed by atoms with E-state index in [9.17, 15) is 0 Å². The average Bonchev–Trinajstić information content (AvgIpc) is 3.61. The van der Waals surface area contributed by atoms with Crippen LogP contribution in [0.15, 0.2) is 59.2 Å². The molecule has 0 aromatic heterocycles. The van der Waals surface area contributed by atoms with Crippen LogP contribution in [0.25, 0.3) is 11.1 Å². The fourth-order valence-corrected chi connectivity index (χ4v) is 13.0. The van der Waals surface area contributed by atoms with Crippen LogP contribution in [0.3, 0.4) is 0 Å². The second kappa shape index (κ2) is 9.04. The largest absolute Gasteiger partial charge is 0.0596 e. The molecule has 2 aromatic carbocycles. The molecule has 10 rings (SSSR count). The summed E-state index contributed by atoms with van der Waals surface area (Å²) < 4.78 is 0. The molecule has 0 aliphatic heterocycles. The Morgan fingerprint density at radius 3 is 1.73 bits per heavy atom. The van der Waals surface area contributed by atoms with Gasteiger partial charge in [-0.2, -0.15) is 0 Å². The van der Waals surface area contributed by atoms with E-state index in [0.29, 0.717) is 11.3 Å². The molecule has 5 saturated carbocycles. The first-order chi connectivity index (χ1) is 20.8. The van der Waals surface area contributed by atoms with E-state index in [0.717, 1.165) is 29.6 Å². The Kier molecular flexibility index (Phi) is 5.79. The fourth-order valence-electron chi connectivity index (χ4n) is 13.0. The highest BCUT2D eigenvalue weighted by Crippen LogP contribution is 2.71. The Morgan fingerprint density at radius 2 is 1.20 bits per heavy atom. The maximum Gasteiger partial charge on any atom is 0.0199 e. The molecule has 44 heavy (non-hydrogen) atoms.